The molecule has 7 heteroatoms. The van der Waals surface area contributed by atoms with Gasteiger partial charge in [-0.05, 0) is 35.9 Å². The molecule has 0 aliphatic carbocycles. The number of aromatic nitrogens is 5. The van der Waals surface area contributed by atoms with Gasteiger partial charge in [0.25, 0.3) is 0 Å². The minimum Gasteiger partial charge on any atom is -0.350 e. The molecular weight excluding hydrogens is 328 g/mol. The van der Waals surface area contributed by atoms with Gasteiger partial charge in [-0.15, -0.1) is 5.10 Å². The fourth-order valence-corrected chi connectivity index (χ4v) is 2.77. The molecule has 1 amide bonds. The van der Waals surface area contributed by atoms with E-state index in [1.165, 1.54) is 0 Å². The summed E-state index contributed by atoms with van der Waals surface area (Å²) in [6.45, 7) is 0.502. The lowest BCUT2D eigenvalue weighted by Crippen LogP contribution is -2.27. The fourth-order valence-electron chi connectivity index (χ4n) is 2.77. The van der Waals surface area contributed by atoms with Gasteiger partial charge in [0.2, 0.25) is 5.91 Å². The highest BCUT2D eigenvalue weighted by atomic mass is 16.2. The Kier molecular flexibility index (Phi) is 4.34. The van der Waals surface area contributed by atoms with E-state index in [2.05, 4.69) is 25.6 Å². The predicted molar refractivity (Wildman–Crippen MR) is 96.8 cm³/mol. The van der Waals surface area contributed by atoms with E-state index in [9.17, 15) is 4.79 Å². The average molecular weight is 344 g/mol. The Morgan fingerprint density at radius 2 is 1.85 bits per heavy atom. The van der Waals surface area contributed by atoms with Crippen molar-refractivity contribution in [1.29, 1.82) is 0 Å². The normalized spacial score (nSPS) is 10.8. The molecule has 0 radical (unpaired) electrons. The highest BCUT2D eigenvalue weighted by Gasteiger charge is 2.10. The summed E-state index contributed by atoms with van der Waals surface area (Å²) < 4.78 is 1.59. The maximum atomic E-state index is 12.3. The Labute approximate surface area is 149 Å². The van der Waals surface area contributed by atoms with Crippen molar-refractivity contribution in [2.75, 3.05) is 0 Å². The quantitative estimate of drug-likeness (QED) is 0.600. The first-order valence-corrected chi connectivity index (χ1v) is 8.20. The van der Waals surface area contributed by atoms with Crippen molar-refractivity contribution in [2.24, 2.45) is 0 Å². The third-order valence-corrected chi connectivity index (χ3v) is 4.03. The Morgan fingerprint density at radius 3 is 2.73 bits per heavy atom. The summed E-state index contributed by atoms with van der Waals surface area (Å²) in [4.78, 5) is 20.8. The van der Waals surface area contributed by atoms with E-state index in [1.54, 1.807) is 23.3 Å². The molecule has 0 atom stereocenters. The van der Waals surface area contributed by atoms with Crippen molar-refractivity contribution in [1.82, 2.24) is 30.3 Å². The number of rotatable bonds is 5. The summed E-state index contributed by atoms with van der Waals surface area (Å²) in [6.07, 6.45) is 5.19. The van der Waals surface area contributed by atoms with E-state index in [-0.39, 0.29) is 12.5 Å². The van der Waals surface area contributed by atoms with E-state index < -0.39 is 0 Å². The molecule has 0 saturated heterocycles. The molecule has 0 aliphatic heterocycles. The Balaban J connectivity index is 1.47. The van der Waals surface area contributed by atoms with Crippen molar-refractivity contribution >= 4 is 16.9 Å². The molecule has 0 fully saturated rings. The number of nitrogens with one attached hydrogen (secondary N) is 1. The molecule has 0 aliphatic rings. The second kappa shape index (κ2) is 7.10. The predicted octanol–water partition coefficient (Wildman–Crippen LogP) is 2.20. The van der Waals surface area contributed by atoms with Gasteiger partial charge in [0.15, 0.2) is 0 Å². The van der Waals surface area contributed by atoms with Crippen LogP contribution in [0, 0.1) is 0 Å². The molecule has 128 valence electrons. The van der Waals surface area contributed by atoms with Crippen molar-refractivity contribution < 1.29 is 4.79 Å². The van der Waals surface area contributed by atoms with Crippen LogP contribution in [-0.4, -0.2) is 30.9 Å². The van der Waals surface area contributed by atoms with Gasteiger partial charge in [0, 0.05) is 30.7 Å². The van der Waals surface area contributed by atoms with Crippen LogP contribution < -0.4 is 5.32 Å². The molecule has 0 unspecified atom stereocenters. The standard InChI is InChI=1S/C19H16N6O/c26-18(13-25-17-6-2-1-5-16(17)23-24-25)22-12-15-4-3-9-21-19(15)14-7-10-20-11-8-14/h1-11H,12-13H2,(H,22,26). The second-order valence-corrected chi connectivity index (χ2v) is 5.76. The molecule has 0 spiro atoms. The average Bonchev–Trinajstić information content (AvgIpc) is 3.10. The van der Waals surface area contributed by atoms with Gasteiger partial charge in [-0.3, -0.25) is 14.8 Å². The first-order chi connectivity index (χ1) is 12.8. The number of pyridine rings is 2. The lowest BCUT2D eigenvalue weighted by molar-refractivity contribution is -0.121. The lowest BCUT2D eigenvalue weighted by Gasteiger charge is -2.10. The molecule has 26 heavy (non-hydrogen) atoms. The summed E-state index contributed by atoms with van der Waals surface area (Å²) in [5, 5.41) is 11.0. The maximum absolute atomic E-state index is 12.3. The minimum absolute atomic E-state index is 0.116. The van der Waals surface area contributed by atoms with Crippen LogP contribution >= 0.6 is 0 Å². The Morgan fingerprint density at radius 1 is 1.00 bits per heavy atom. The Hall–Kier alpha value is -3.61. The van der Waals surface area contributed by atoms with Crippen molar-refractivity contribution in [3.63, 3.8) is 0 Å². The summed E-state index contributed by atoms with van der Waals surface area (Å²) in [5.74, 6) is -0.134. The highest BCUT2D eigenvalue weighted by molar-refractivity contribution is 5.79. The van der Waals surface area contributed by atoms with Gasteiger partial charge >= 0.3 is 0 Å². The van der Waals surface area contributed by atoms with Crippen LogP contribution in [-0.2, 0) is 17.9 Å². The van der Waals surface area contributed by atoms with Gasteiger partial charge in [-0.25, -0.2) is 4.68 Å². The van der Waals surface area contributed by atoms with Crippen molar-refractivity contribution in [3.8, 4) is 11.3 Å². The minimum atomic E-state index is -0.134. The van der Waals surface area contributed by atoms with E-state index in [1.807, 2.05) is 48.5 Å². The first-order valence-electron chi connectivity index (χ1n) is 8.20. The van der Waals surface area contributed by atoms with Gasteiger partial charge in [-0.2, -0.15) is 0 Å². The van der Waals surface area contributed by atoms with Crippen LogP contribution in [0.3, 0.4) is 0 Å². The smallest absolute Gasteiger partial charge is 0.242 e. The van der Waals surface area contributed by atoms with E-state index in [0.29, 0.717) is 6.54 Å². The van der Waals surface area contributed by atoms with Gasteiger partial charge in [0.05, 0.1) is 11.2 Å². The number of carbonyl (C=O) groups excluding carboxylic acids is 1. The summed E-state index contributed by atoms with van der Waals surface area (Å²) in [7, 11) is 0. The molecule has 1 N–H and O–H groups in total. The third kappa shape index (κ3) is 3.27. The molecule has 0 saturated carbocycles. The zero-order valence-electron chi connectivity index (χ0n) is 13.9. The highest BCUT2D eigenvalue weighted by Crippen LogP contribution is 2.20. The van der Waals surface area contributed by atoms with E-state index >= 15 is 0 Å². The molecule has 7 nitrogen and oxygen atoms in total. The van der Waals surface area contributed by atoms with Crippen LogP contribution in [0.2, 0.25) is 0 Å². The molecular formula is C19H16N6O. The van der Waals surface area contributed by atoms with Crippen molar-refractivity contribution in [2.45, 2.75) is 13.1 Å². The first kappa shape index (κ1) is 15.9. The van der Waals surface area contributed by atoms with Crippen LogP contribution in [0.15, 0.2) is 67.1 Å². The zero-order chi connectivity index (χ0) is 17.8. The van der Waals surface area contributed by atoms with Crippen LogP contribution in [0.5, 0.6) is 0 Å². The number of hydrogen-bond donors (Lipinski definition) is 1. The number of para-hydroxylation sites is 1. The molecule has 4 rings (SSSR count). The molecule has 3 heterocycles. The number of amides is 1. The Bertz CT molecular complexity index is 1040. The zero-order valence-corrected chi connectivity index (χ0v) is 13.9. The number of nitrogens with zero attached hydrogens (tertiary/aromatic N) is 5. The van der Waals surface area contributed by atoms with Crippen LogP contribution in [0.4, 0.5) is 0 Å². The third-order valence-electron chi connectivity index (χ3n) is 4.03. The van der Waals surface area contributed by atoms with Gasteiger partial charge in [-0.1, -0.05) is 23.4 Å². The summed E-state index contributed by atoms with van der Waals surface area (Å²) in [5.41, 5.74) is 4.35. The van der Waals surface area contributed by atoms with Crippen molar-refractivity contribution in [3.05, 3.63) is 72.7 Å². The number of fused-ring (bicyclic) bond motifs is 1. The molecule has 1 aromatic carbocycles. The molecule has 4 aromatic rings. The largest absolute Gasteiger partial charge is 0.350 e. The van der Waals surface area contributed by atoms with Gasteiger partial charge in [0.1, 0.15) is 12.1 Å². The van der Waals surface area contributed by atoms with E-state index in [4.69, 9.17) is 0 Å². The second-order valence-electron chi connectivity index (χ2n) is 5.76. The molecule has 3 aromatic heterocycles. The number of benzene rings is 1. The fraction of sp³-hybridized carbons (Fsp3) is 0.105. The summed E-state index contributed by atoms with van der Waals surface area (Å²) in [6, 6.07) is 15.2. The SMILES string of the molecule is O=C(Cn1nnc2ccccc21)NCc1cccnc1-c1ccncc1. The van der Waals surface area contributed by atoms with Gasteiger partial charge < -0.3 is 5.32 Å². The van der Waals surface area contributed by atoms with Crippen LogP contribution in [0.25, 0.3) is 22.3 Å². The number of carbonyl (C=O) groups is 1. The monoisotopic (exact) mass is 344 g/mol. The summed E-state index contributed by atoms with van der Waals surface area (Å²) >= 11 is 0. The maximum Gasteiger partial charge on any atom is 0.242 e. The topological polar surface area (TPSA) is 85.6 Å². The molecule has 0 bridgehead atoms. The van der Waals surface area contributed by atoms with E-state index in [0.717, 1.165) is 27.9 Å². The van der Waals surface area contributed by atoms with Crippen LogP contribution in [0.1, 0.15) is 5.56 Å². The lowest BCUT2D eigenvalue weighted by atomic mass is 10.1. The number of hydrogen-bond acceptors (Lipinski definition) is 5.